The van der Waals surface area contributed by atoms with E-state index in [0.717, 1.165) is 19.5 Å². The number of aliphatic carboxylic acids is 1. The van der Waals surface area contributed by atoms with Crippen molar-refractivity contribution in [1.82, 2.24) is 4.90 Å². The van der Waals surface area contributed by atoms with Gasteiger partial charge in [0.15, 0.2) is 0 Å². The highest BCUT2D eigenvalue weighted by Crippen LogP contribution is 2.14. The molecule has 0 saturated carbocycles. The van der Waals surface area contributed by atoms with Gasteiger partial charge in [0, 0.05) is 20.3 Å². The Hall–Kier alpha value is -0.650. The number of methoxy groups -OCH3 is 1. The molecule has 0 saturated heterocycles. The highest BCUT2D eigenvalue weighted by atomic mass is 16.5. The second-order valence-electron chi connectivity index (χ2n) is 4.40. The fraction of sp³-hybridized carbons (Fsp3) is 0.917. The third-order valence-corrected chi connectivity index (χ3v) is 2.84. The van der Waals surface area contributed by atoms with Crippen LogP contribution in [0, 0.1) is 0 Å². The number of carbonyl (C=O) groups is 1. The summed E-state index contributed by atoms with van der Waals surface area (Å²) in [5.41, 5.74) is -0.818. The van der Waals surface area contributed by atoms with Gasteiger partial charge in [-0.05, 0) is 26.8 Å². The maximum Gasteiger partial charge on any atom is 0.323 e. The second kappa shape index (κ2) is 8.44. The molecule has 0 heterocycles. The van der Waals surface area contributed by atoms with E-state index in [-0.39, 0.29) is 0 Å². The van der Waals surface area contributed by atoms with Gasteiger partial charge in [0.25, 0.3) is 0 Å². The molecule has 0 aliphatic heterocycles. The van der Waals surface area contributed by atoms with Gasteiger partial charge in [-0.15, -0.1) is 0 Å². The highest BCUT2D eigenvalue weighted by molar-refractivity contribution is 5.77. The van der Waals surface area contributed by atoms with Crippen LogP contribution in [0.25, 0.3) is 0 Å². The van der Waals surface area contributed by atoms with E-state index in [1.807, 2.05) is 11.8 Å². The zero-order valence-electron chi connectivity index (χ0n) is 11.4. The molecule has 0 unspecified atom stereocenters. The monoisotopic (exact) mass is 247 g/mol. The average Bonchev–Trinajstić information content (AvgIpc) is 2.27. The maximum absolute atomic E-state index is 11.1. The Bertz CT molecular complexity index is 219. The normalized spacial score (nSPS) is 12.1. The van der Waals surface area contributed by atoms with Crippen LogP contribution < -0.4 is 0 Å². The van der Waals surface area contributed by atoms with Gasteiger partial charge < -0.3 is 14.6 Å². The SMILES string of the molecule is CCN(CCCOCCOC)C(C)(C)C(=O)O. The van der Waals surface area contributed by atoms with Crippen molar-refractivity contribution in [3.8, 4) is 0 Å². The van der Waals surface area contributed by atoms with Crippen molar-refractivity contribution in [1.29, 1.82) is 0 Å². The Balaban J connectivity index is 3.87. The van der Waals surface area contributed by atoms with Gasteiger partial charge in [-0.3, -0.25) is 9.69 Å². The number of rotatable bonds is 10. The first-order valence-corrected chi connectivity index (χ1v) is 6.02. The van der Waals surface area contributed by atoms with E-state index in [1.165, 1.54) is 0 Å². The van der Waals surface area contributed by atoms with Crippen LogP contribution in [-0.4, -0.2) is 61.5 Å². The molecule has 0 aromatic heterocycles. The van der Waals surface area contributed by atoms with Crippen LogP contribution in [0.3, 0.4) is 0 Å². The van der Waals surface area contributed by atoms with Gasteiger partial charge in [0.2, 0.25) is 0 Å². The van der Waals surface area contributed by atoms with Gasteiger partial charge in [-0.2, -0.15) is 0 Å². The van der Waals surface area contributed by atoms with Crippen molar-refractivity contribution in [2.45, 2.75) is 32.7 Å². The minimum absolute atomic E-state index is 0.588. The number of carboxylic acid groups (broad SMARTS) is 1. The van der Waals surface area contributed by atoms with Crippen LogP contribution in [0.4, 0.5) is 0 Å². The number of likely N-dealkylation sites (N-methyl/N-ethyl adjacent to an activating group) is 1. The smallest absolute Gasteiger partial charge is 0.323 e. The molecule has 0 aromatic carbocycles. The number of hydrogen-bond donors (Lipinski definition) is 1. The lowest BCUT2D eigenvalue weighted by Gasteiger charge is -2.34. The summed E-state index contributed by atoms with van der Waals surface area (Å²) < 4.78 is 10.2. The summed E-state index contributed by atoms with van der Waals surface area (Å²) in [7, 11) is 1.64. The summed E-state index contributed by atoms with van der Waals surface area (Å²) in [5, 5.41) is 9.13. The largest absolute Gasteiger partial charge is 0.480 e. The minimum Gasteiger partial charge on any atom is -0.480 e. The van der Waals surface area contributed by atoms with Crippen LogP contribution in [0.1, 0.15) is 27.2 Å². The first kappa shape index (κ1) is 16.4. The first-order valence-electron chi connectivity index (χ1n) is 6.02. The average molecular weight is 247 g/mol. The van der Waals surface area contributed by atoms with Crippen LogP contribution in [-0.2, 0) is 14.3 Å². The lowest BCUT2D eigenvalue weighted by molar-refractivity contribution is -0.149. The topological polar surface area (TPSA) is 59.0 Å². The predicted molar refractivity (Wildman–Crippen MR) is 66.3 cm³/mol. The molecule has 5 heteroatoms. The third-order valence-electron chi connectivity index (χ3n) is 2.84. The molecule has 5 nitrogen and oxygen atoms in total. The molecule has 0 aliphatic carbocycles. The van der Waals surface area contributed by atoms with Crippen LogP contribution >= 0.6 is 0 Å². The quantitative estimate of drug-likeness (QED) is 0.588. The molecule has 0 fully saturated rings. The summed E-state index contributed by atoms with van der Waals surface area (Å²) in [4.78, 5) is 13.0. The van der Waals surface area contributed by atoms with Crippen LogP contribution in [0.15, 0.2) is 0 Å². The van der Waals surface area contributed by atoms with Crippen molar-refractivity contribution in [2.24, 2.45) is 0 Å². The van der Waals surface area contributed by atoms with Gasteiger partial charge in [-0.25, -0.2) is 0 Å². The maximum atomic E-state index is 11.1. The standard InChI is InChI=1S/C12H25NO4/c1-5-13(12(2,3)11(14)15)7-6-8-17-10-9-16-4/h5-10H2,1-4H3,(H,14,15). The van der Waals surface area contributed by atoms with Crippen LogP contribution in [0.5, 0.6) is 0 Å². The molecule has 0 spiro atoms. The highest BCUT2D eigenvalue weighted by Gasteiger charge is 2.32. The van der Waals surface area contributed by atoms with E-state index in [0.29, 0.717) is 19.8 Å². The molecule has 1 N–H and O–H groups in total. The van der Waals surface area contributed by atoms with Gasteiger partial charge in [0.05, 0.1) is 13.2 Å². The summed E-state index contributed by atoms with van der Waals surface area (Å²) in [5.74, 6) is -0.792. The Kier molecular flexibility index (Phi) is 8.12. The third kappa shape index (κ3) is 6.00. The Morgan fingerprint density at radius 1 is 1.29 bits per heavy atom. The zero-order valence-corrected chi connectivity index (χ0v) is 11.4. The fourth-order valence-electron chi connectivity index (χ4n) is 1.57. The molecule has 0 bridgehead atoms. The van der Waals surface area contributed by atoms with Crippen molar-refractivity contribution < 1.29 is 19.4 Å². The van der Waals surface area contributed by atoms with Crippen LogP contribution in [0.2, 0.25) is 0 Å². The van der Waals surface area contributed by atoms with Gasteiger partial charge in [0.1, 0.15) is 5.54 Å². The predicted octanol–water partition coefficient (Wildman–Crippen LogP) is 1.22. The Morgan fingerprint density at radius 3 is 2.41 bits per heavy atom. The molecule has 0 rings (SSSR count). The molecule has 102 valence electrons. The molecular formula is C12H25NO4. The number of carboxylic acids is 1. The summed E-state index contributed by atoms with van der Waals surface area (Å²) in [6.45, 7) is 8.68. The molecule has 0 aromatic rings. The molecular weight excluding hydrogens is 222 g/mol. The number of ether oxygens (including phenoxy) is 2. The molecule has 0 amide bonds. The number of hydrogen-bond acceptors (Lipinski definition) is 4. The molecule has 0 atom stereocenters. The second-order valence-corrected chi connectivity index (χ2v) is 4.40. The van der Waals surface area contributed by atoms with E-state index >= 15 is 0 Å². The molecule has 0 aliphatic rings. The van der Waals surface area contributed by atoms with E-state index in [2.05, 4.69) is 0 Å². The van der Waals surface area contributed by atoms with E-state index in [1.54, 1.807) is 21.0 Å². The lowest BCUT2D eigenvalue weighted by atomic mass is 10.0. The van der Waals surface area contributed by atoms with E-state index in [4.69, 9.17) is 14.6 Å². The first-order chi connectivity index (χ1) is 7.96. The minimum atomic E-state index is -0.818. The molecule has 0 radical (unpaired) electrons. The Morgan fingerprint density at radius 2 is 1.94 bits per heavy atom. The van der Waals surface area contributed by atoms with Crippen molar-refractivity contribution in [3.63, 3.8) is 0 Å². The molecule has 17 heavy (non-hydrogen) atoms. The summed E-state index contributed by atoms with van der Waals surface area (Å²) in [6, 6.07) is 0. The van der Waals surface area contributed by atoms with Gasteiger partial charge >= 0.3 is 5.97 Å². The summed E-state index contributed by atoms with van der Waals surface area (Å²) >= 11 is 0. The van der Waals surface area contributed by atoms with Crippen molar-refractivity contribution in [2.75, 3.05) is 40.0 Å². The van der Waals surface area contributed by atoms with Crippen molar-refractivity contribution in [3.05, 3.63) is 0 Å². The Labute approximate surface area is 104 Å². The van der Waals surface area contributed by atoms with Gasteiger partial charge in [-0.1, -0.05) is 6.92 Å². The number of nitrogens with zero attached hydrogens (tertiary/aromatic N) is 1. The summed E-state index contributed by atoms with van der Waals surface area (Å²) in [6.07, 6.45) is 0.828. The zero-order chi connectivity index (χ0) is 13.3. The van der Waals surface area contributed by atoms with Crippen molar-refractivity contribution >= 4 is 5.97 Å². The lowest BCUT2D eigenvalue weighted by Crippen LogP contribution is -2.50. The van der Waals surface area contributed by atoms with E-state index in [9.17, 15) is 4.79 Å². The fourth-order valence-corrected chi connectivity index (χ4v) is 1.57. The van der Waals surface area contributed by atoms with E-state index < -0.39 is 11.5 Å².